The van der Waals surface area contributed by atoms with Gasteiger partial charge in [0.15, 0.2) is 0 Å². The van der Waals surface area contributed by atoms with Crippen LogP contribution in [0.25, 0.3) is 0 Å². The third-order valence-electron chi connectivity index (χ3n) is 3.35. The molecule has 21 heavy (non-hydrogen) atoms. The maximum absolute atomic E-state index is 12.3. The van der Waals surface area contributed by atoms with Crippen molar-refractivity contribution < 1.29 is 9.59 Å². The average Bonchev–Trinajstić information content (AvgIpc) is 2.81. The smallest absolute Gasteiger partial charge is 0.268 e. The number of nitrogens with zero attached hydrogens (tertiary/aromatic N) is 2. The van der Waals surface area contributed by atoms with Gasteiger partial charge in [0, 0.05) is 30.3 Å². The van der Waals surface area contributed by atoms with Crippen LogP contribution in [0.2, 0.25) is 0 Å². The van der Waals surface area contributed by atoms with Gasteiger partial charge in [-0.25, -0.2) is 0 Å². The number of aromatic nitrogens is 1. The summed E-state index contributed by atoms with van der Waals surface area (Å²) in [5, 5.41) is 2.79. The highest BCUT2D eigenvalue weighted by molar-refractivity contribution is 9.10. The number of carbonyl (C=O) groups excluding carboxylic acids is 2. The molecule has 0 saturated heterocycles. The van der Waals surface area contributed by atoms with Crippen LogP contribution in [0.4, 0.5) is 0 Å². The van der Waals surface area contributed by atoms with Gasteiger partial charge in [-0.3, -0.25) is 9.59 Å². The Morgan fingerprint density at radius 2 is 1.95 bits per heavy atom. The average molecular weight is 358 g/mol. The molecule has 0 fully saturated rings. The second-order valence-electron chi connectivity index (χ2n) is 4.94. The number of likely N-dealkylation sites (N-methyl/N-ethyl adjacent to an activating group) is 1. The number of rotatable bonds is 7. The normalized spacial score (nSPS) is 12.0. The van der Waals surface area contributed by atoms with E-state index in [0.29, 0.717) is 18.8 Å². The molecule has 1 rings (SSSR count). The van der Waals surface area contributed by atoms with Gasteiger partial charge in [-0.2, -0.15) is 0 Å². The molecule has 2 amide bonds. The van der Waals surface area contributed by atoms with Crippen LogP contribution in [-0.4, -0.2) is 40.4 Å². The predicted molar refractivity (Wildman–Crippen MR) is 87.3 cm³/mol. The van der Waals surface area contributed by atoms with Gasteiger partial charge in [0.05, 0.1) is 0 Å². The number of nitrogens with one attached hydrogen (secondary N) is 1. The highest BCUT2D eigenvalue weighted by Gasteiger charge is 2.22. The lowest BCUT2D eigenvalue weighted by atomic mass is 10.2. The predicted octanol–water partition coefficient (Wildman–Crippen LogP) is 2.65. The van der Waals surface area contributed by atoms with E-state index in [9.17, 15) is 9.59 Å². The van der Waals surface area contributed by atoms with Crippen molar-refractivity contribution in [2.24, 2.45) is 0 Å². The van der Waals surface area contributed by atoms with Gasteiger partial charge in [-0.05, 0) is 49.2 Å². The minimum absolute atomic E-state index is 0.0546. The number of carbonyl (C=O) groups is 2. The third kappa shape index (κ3) is 4.59. The Hall–Kier alpha value is -1.30. The van der Waals surface area contributed by atoms with Gasteiger partial charge in [0.1, 0.15) is 11.7 Å². The minimum atomic E-state index is -0.527. The first kappa shape index (κ1) is 17.8. The highest BCUT2D eigenvalue weighted by Crippen LogP contribution is 2.15. The van der Waals surface area contributed by atoms with Crippen LogP contribution in [0.5, 0.6) is 0 Å². The Labute approximate surface area is 134 Å². The number of halogens is 1. The monoisotopic (exact) mass is 357 g/mol. The van der Waals surface area contributed by atoms with Crippen molar-refractivity contribution in [1.82, 2.24) is 14.8 Å². The molecule has 1 aromatic heterocycles. The van der Waals surface area contributed by atoms with E-state index in [1.807, 2.05) is 24.6 Å². The van der Waals surface area contributed by atoms with Gasteiger partial charge in [-0.1, -0.05) is 6.92 Å². The first-order valence-electron chi connectivity index (χ1n) is 7.39. The highest BCUT2D eigenvalue weighted by atomic mass is 79.9. The van der Waals surface area contributed by atoms with Crippen molar-refractivity contribution in [1.29, 1.82) is 0 Å². The fourth-order valence-electron chi connectivity index (χ4n) is 2.23. The van der Waals surface area contributed by atoms with E-state index in [1.165, 1.54) is 0 Å². The number of hydrogen-bond donors (Lipinski definition) is 1. The molecule has 0 bridgehead atoms. The quantitative estimate of drug-likeness (QED) is 0.815. The first-order valence-corrected chi connectivity index (χ1v) is 8.19. The van der Waals surface area contributed by atoms with Crippen LogP contribution < -0.4 is 5.32 Å². The summed E-state index contributed by atoms with van der Waals surface area (Å²) < 4.78 is 2.76. The largest absolute Gasteiger partial charge is 0.342 e. The van der Waals surface area contributed by atoms with E-state index in [2.05, 4.69) is 28.2 Å². The molecule has 0 aliphatic heterocycles. The zero-order chi connectivity index (χ0) is 16.0. The summed E-state index contributed by atoms with van der Waals surface area (Å²) in [6.07, 6.45) is 2.82. The van der Waals surface area contributed by atoms with Crippen LogP contribution >= 0.6 is 15.9 Å². The molecule has 0 spiro atoms. The van der Waals surface area contributed by atoms with Crippen molar-refractivity contribution in [2.45, 2.75) is 46.7 Å². The topological polar surface area (TPSA) is 54.3 Å². The van der Waals surface area contributed by atoms with Crippen LogP contribution in [0.3, 0.4) is 0 Å². The number of hydrogen-bond acceptors (Lipinski definition) is 2. The molecule has 0 radical (unpaired) electrons. The van der Waals surface area contributed by atoms with Gasteiger partial charge in [0.25, 0.3) is 5.91 Å². The molecule has 6 heteroatoms. The molecular weight excluding hydrogens is 334 g/mol. The van der Waals surface area contributed by atoms with E-state index >= 15 is 0 Å². The van der Waals surface area contributed by atoms with E-state index in [0.717, 1.165) is 17.4 Å². The number of aryl methyl sites for hydroxylation is 1. The number of amides is 2. The van der Waals surface area contributed by atoms with Crippen LogP contribution in [-0.2, 0) is 11.3 Å². The molecule has 118 valence electrons. The Morgan fingerprint density at radius 3 is 2.48 bits per heavy atom. The summed E-state index contributed by atoms with van der Waals surface area (Å²) in [7, 11) is 0. The Balaban J connectivity index is 2.79. The summed E-state index contributed by atoms with van der Waals surface area (Å²) in [6, 6.07) is 1.25. The lowest BCUT2D eigenvalue weighted by molar-refractivity contribution is -0.132. The Morgan fingerprint density at radius 1 is 1.33 bits per heavy atom. The molecule has 0 saturated carbocycles. The summed E-state index contributed by atoms with van der Waals surface area (Å²) in [4.78, 5) is 26.2. The van der Waals surface area contributed by atoms with Crippen molar-refractivity contribution in [2.75, 3.05) is 13.1 Å². The molecule has 1 aromatic rings. The van der Waals surface area contributed by atoms with Gasteiger partial charge in [0.2, 0.25) is 5.91 Å². The standard InChI is InChI=1S/C15H24BrN3O2/c1-5-8-19-10-12(16)9-13(19)14(20)17-11(4)15(21)18(6-2)7-3/h9-11H,5-8H2,1-4H3,(H,17,20). The SMILES string of the molecule is CCCn1cc(Br)cc1C(=O)NC(C)C(=O)N(CC)CC. The maximum Gasteiger partial charge on any atom is 0.268 e. The van der Waals surface area contributed by atoms with Crippen LogP contribution in [0, 0.1) is 0 Å². The van der Waals surface area contributed by atoms with E-state index in [-0.39, 0.29) is 11.8 Å². The molecular formula is C15H24BrN3O2. The van der Waals surface area contributed by atoms with Crippen LogP contribution in [0.15, 0.2) is 16.7 Å². The zero-order valence-corrected chi connectivity index (χ0v) is 14.7. The second kappa shape index (κ2) is 8.22. The van der Waals surface area contributed by atoms with Crippen LogP contribution in [0.1, 0.15) is 44.6 Å². The zero-order valence-electron chi connectivity index (χ0n) is 13.1. The lowest BCUT2D eigenvalue weighted by Crippen LogP contribution is -2.47. The summed E-state index contributed by atoms with van der Waals surface area (Å²) in [5.74, 6) is -0.275. The van der Waals surface area contributed by atoms with Crippen molar-refractivity contribution >= 4 is 27.7 Å². The minimum Gasteiger partial charge on any atom is -0.342 e. The third-order valence-corrected chi connectivity index (χ3v) is 3.79. The fourth-order valence-corrected chi connectivity index (χ4v) is 2.70. The van der Waals surface area contributed by atoms with Gasteiger partial charge in [-0.15, -0.1) is 0 Å². The van der Waals surface area contributed by atoms with E-state index in [1.54, 1.807) is 17.9 Å². The molecule has 1 atom stereocenters. The fraction of sp³-hybridized carbons (Fsp3) is 0.600. The summed E-state index contributed by atoms with van der Waals surface area (Å²) in [6.45, 7) is 9.70. The lowest BCUT2D eigenvalue weighted by Gasteiger charge is -2.23. The molecule has 0 aliphatic carbocycles. The molecule has 1 unspecified atom stereocenters. The Kier molecular flexibility index (Phi) is 6.95. The molecule has 1 heterocycles. The first-order chi connectivity index (χ1) is 9.94. The second-order valence-corrected chi connectivity index (χ2v) is 5.86. The van der Waals surface area contributed by atoms with Crippen molar-refractivity contribution in [3.63, 3.8) is 0 Å². The van der Waals surface area contributed by atoms with E-state index in [4.69, 9.17) is 0 Å². The molecule has 0 aromatic carbocycles. The molecule has 0 aliphatic rings. The summed E-state index contributed by atoms with van der Waals surface area (Å²) in [5.41, 5.74) is 0.572. The molecule has 5 nitrogen and oxygen atoms in total. The van der Waals surface area contributed by atoms with Crippen molar-refractivity contribution in [3.05, 3.63) is 22.4 Å². The summed E-state index contributed by atoms with van der Waals surface area (Å²) >= 11 is 3.39. The van der Waals surface area contributed by atoms with Gasteiger partial charge >= 0.3 is 0 Å². The van der Waals surface area contributed by atoms with Crippen molar-refractivity contribution in [3.8, 4) is 0 Å². The molecule has 1 N–H and O–H groups in total. The van der Waals surface area contributed by atoms with Gasteiger partial charge < -0.3 is 14.8 Å². The maximum atomic E-state index is 12.3. The van der Waals surface area contributed by atoms with E-state index < -0.39 is 6.04 Å². The Bertz CT molecular complexity index is 495.